The monoisotopic (exact) mass is 401 g/mol. The van der Waals surface area contributed by atoms with E-state index in [0.29, 0.717) is 17.2 Å². The summed E-state index contributed by atoms with van der Waals surface area (Å²) in [6.07, 6.45) is 1.79. The quantitative estimate of drug-likeness (QED) is 0.388. The Morgan fingerprint density at radius 1 is 1.14 bits per heavy atom. The first kappa shape index (κ1) is 19.3. The third kappa shape index (κ3) is 3.79. The van der Waals surface area contributed by atoms with Crippen molar-refractivity contribution in [1.82, 2.24) is 4.57 Å². The number of para-hydroxylation sites is 1. The van der Waals surface area contributed by atoms with Crippen LogP contribution in [0.25, 0.3) is 16.7 Å². The number of fused-ring (bicyclic) bond motifs is 1. The standard InChI is InChI=1S/C20H13ClFNO5/c21-14-7-11(5-6-15(14)22)9-23-10-13(17(24)8-18(25)20(27)28)19(26)12-3-1-2-4-16(12)23/h1-8,10,24H,9H2,(H,27,28). The molecule has 142 valence electrons. The highest BCUT2D eigenvalue weighted by molar-refractivity contribution is 6.38. The van der Waals surface area contributed by atoms with Gasteiger partial charge in [0, 0.05) is 24.2 Å². The van der Waals surface area contributed by atoms with Gasteiger partial charge in [-0.2, -0.15) is 0 Å². The van der Waals surface area contributed by atoms with Gasteiger partial charge in [0.05, 0.1) is 16.1 Å². The van der Waals surface area contributed by atoms with Gasteiger partial charge in [-0.1, -0.05) is 29.8 Å². The molecule has 3 aromatic rings. The van der Waals surface area contributed by atoms with E-state index in [1.165, 1.54) is 24.4 Å². The molecular weight excluding hydrogens is 389 g/mol. The number of carbonyl (C=O) groups excluding carboxylic acids is 1. The summed E-state index contributed by atoms with van der Waals surface area (Å²) in [7, 11) is 0. The molecule has 0 aliphatic carbocycles. The van der Waals surface area contributed by atoms with E-state index in [1.807, 2.05) is 0 Å². The lowest BCUT2D eigenvalue weighted by Gasteiger charge is -2.14. The fraction of sp³-hybridized carbons (Fsp3) is 0.0500. The molecule has 0 aliphatic rings. The maximum absolute atomic E-state index is 13.4. The Morgan fingerprint density at radius 2 is 1.86 bits per heavy atom. The second-order valence-corrected chi connectivity index (χ2v) is 6.37. The number of benzene rings is 2. The summed E-state index contributed by atoms with van der Waals surface area (Å²) in [6, 6.07) is 10.8. The number of carbonyl (C=O) groups is 2. The Kier molecular flexibility index (Phi) is 5.28. The molecule has 0 fully saturated rings. The second-order valence-electron chi connectivity index (χ2n) is 5.96. The van der Waals surface area contributed by atoms with Crippen LogP contribution in [0.1, 0.15) is 11.1 Å². The maximum atomic E-state index is 13.4. The fourth-order valence-electron chi connectivity index (χ4n) is 2.76. The highest BCUT2D eigenvalue weighted by Gasteiger charge is 2.16. The summed E-state index contributed by atoms with van der Waals surface area (Å²) in [5.41, 5.74) is 0.378. The van der Waals surface area contributed by atoms with Gasteiger partial charge in [-0.05, 0) is 29.8 Å². The van der Waals surface area contributed by atoms with Crippen molar-refractivity contribution in [3.8, 4) is 0 Å². The van der Waals surface area contributed by atoms with Crippen LogP contribution in [0.4, 0.5) is 4.39 Å². The molecule has 0 atom stereocenters. The van der Waals surface area contributed by atoms with Crippen molar-refractivity contribution in [2.45, 2.75) is 6.54 Å². The van der Waals surface area contributed by atoms with E-state index in [9.17, 15) is 23.9 Å². The number of carboxylic acids is 1. The highest BCUT2D eigenvalue weighted by Crippen LogP contribution is 2.20. The number of rotatable bonds is 5. The second kappa shape index (κ2) is 7.66. The lowest BCUT2D eigenvalue weighted by atomic mass is 10.1. The normalized spacial score (nSPS) is 11.6. The number of halogens is 2. The summed E-state index contributed by atoms with van der Waals surface area (Å²) >= 11 is 5.82. The predicted molar refractivity (Wildman–Crippen MR) is 102 cm³/mol. The highest BCUT2D eigenvalue weighted by atomic mass is 35.5. The average Bonchev–Trinajstić information content (AvgIpc) is 2.66. The van der Waals surface area contributed by atoms with Crippen molar-refractivity contribution in [2.24, 2.45) is 0 Å². The molecule has 2 aromatic carbocycles. The Labute approximate surface area is 162 Å². The Morgan fingerprint density at radius 3 is 2.54 bits per heavy atom. The summed E-state index contributed by atoms with van der Waals surface area (Å²) in [6.45, 7) is 0.188. The van der Waals surface area contributed by atoms with Gasteiger partial charge >= 0.3 is 5.97 Å². The van der Waals surface area contributed by atoms with Gasteiger partial charge in [-0.25, -0.2) is 9.18 Å². The first-order valence-corrected chi connectivity index (χ1v) is 8.40. The van der Waals surface area contributed by atoms with Crippen molar-refractivity contribution in [1.29, 1.82) is 0 Å². The SMILES string of the molecule is O=C(O)C(=O)C=C(O)c1cn(Cc2ccc(F)c(Cl)c2)c2ccccc2c1=O. The molecule has 0 bridgehead atoms. The van der Waals surface area contributed by atoms with Gasteiger partial charge in [0.2, 0.25) is 0 Å². The average molecular weight is 402 g/mol. The van der Waals surface area contributed by atoms with E-state index < -0.39 is 28.8 Å². The molecule has 0 radical (unpaired) electrons. The third-order valence-corrected chi connectivity index (χ3v) is 4.37. The van der Waals surface area contributed by atoms with Crippen molar-refractivity contribution in [3.63, 3.8) is 0 Å². The van der Waals surface area contributed by atoms with Crippen LogP contribution in [0, 0.1) is 5.82 Å². The third-order valence-electron chi connectivity index (χ3n) is 4.08. The van der Waals surface area contributed by atoms with E-state index in [2.05, 4.69) is 0 Å². The van der Waals surface area contributed by atoms with Crippen LogP contribution < -0.4 is 5.43 Å². The number of aliphatic carboxylic acids is 1. The summed E-state index contributed by atoms with van der Waals surface area (Å²) in [4.78, 5) is 34.7. The number of hydrogen-bond acceptors (Lipinski definition) is 4. The maximum Gasteiger partial charge on any atom is 0.376 e. The van der Waals surface area contributed by atoms with Crippen molar-refractivity contribution in [3.05, 3.63) is 86.9 Å². The number of aliphatic hydroxyl groups excluding tert-OH is 1. The molecule has 0 saturated heterocycles. The van der Waals surface area contributed by atoms with Gasteiger partial charge in [-0.3, -0.25) is 9.59 Å². The van der Waals surface area contributed by atoms with Crippen LogP contribution in [-0.2, 0) is 16.1 Å². The topological polar surface area (TPSA) is 96.6 Å². The summed E-state index contributed by atoms with van der Waals surface area (Å²) in [5, 5.41) is 19.0. The van der Waals surface area contributed by atoms with Crippen LogP contribution in [0.15, 0.2) is 59.5 Å². The molecule has 1 aromatic heterocycles. The molecule has 6 nitrogen and oxygen atoms in total. The number of carboxylic acid groups (broad SMARTS) is 1. The van der Waals surface area contributed by atoms with Crippen LogP contribution in [0.3, 0.4) is 0 Å². The number of aromatic nitrogens is 1. The van der Waals surface area contributed by atoms with Crippen molar-refractivity contribution in [2.75, 3.05) is 0 Å². The van der Waals surface area contributed by atoms with Crippen LogP contribution >= 0.6 is 11.6 Å². The van der Waals surface area contributed by atoms with E-state index in [4.69, 9.17) is 16.7 Å². The fourth-order valence-corrected chi connectivity index (χ4v) is 2.96. The minimum absolute atomic E-state index is 0.0575. The first-order valence-electron chi connectivity index (χ1n) is 8.02. The molecule has 0 aliphatic heterocycles. The predicted octanol–water partition coefficient (Wildman–Crippen LogP) is 3.39. The zero-order valence-electron chi connectivity index (χ0n) is 14.2. The molecule has 8 heteroatoms. The first-order chi connectivity index (χ1) is 13.3. The Bertz CT molecular complexity index is 1200. The molecular formula is C20H13ClFNO5. The van der Waals surface area contributed by atoms with E-state index in [1.54, 1.807) is 28.8 Å². The van der Waals surface area contributed by atoms with E-state index in [0.717, 1.165) is 0 Å². The number of aliphatic hydroxyl groups is 1. The minimum Gasteiger partial charge on any atom is -0.507 e. The molecule has 0 saturated carbocycles. The van der Waals surface area contributed by atoms with Crippen LogP contribution in [-0.4, -0.2) is 26.5 Å². The van der Waals surface area contributed by atoms with Crippen LogP contribution in [0.5, 0.6) is 0 Å². The summed E-state index contributed by atoms with van der Waals surface area (Å²) in [5.74, 6) is -4.44. The van der Waals surface area contributed by atoms with E-state index in [-0.39, 0.29) is 22.5 Å². The van der Waals surface area contributed by atoms with Gasteiger partial charge in [0.15, 0.2) is 5.43 Å². The minimum atomic E-state index is -1.76. The van der Waals surface area contributed by atoms with Gasteiger partial charge in [-0.15, -0.1) is 0 Å². The molecule has 0 unspecified atom stereocenters. The lowest BCUT2D eigenvalue weighted by molar-refractivity contribution is -0.146. The molecule has 1 heterocycles. The molecule has 0 spiro atoms. The van der Waals surface area contributed by atoms with Gasteiger partial charge < -0.3 is 14.8 Å². The number of pyridine rings is 1. The Hall–Kier alpha value is -3.45. The smallest absolute Gasteiger partial charge is 0.376 e. The van der Waals surface area contributed by atoms with Crippen molar-refractivity contribution < 1.29 is 24.2 Å². The van der Waals surface area contributed by atoms with Crippen molar-refractivity contribution >= 4 is 40.0 Å². The zero-order valence-corrected chi connectivity index (χ0v) is 15.0. The number of ketones is 1. The zero-order chi connectivity index (χ0) is 20.4. The summed E-state index contributed by atoms with van der Waals surface area (Å²) < 4.78 is 15.0. The molecule has 3 rings (SSSR count). The Balaban J connectivity index is 2.18. The van der Waals surface area contributed by atoms with Gasteiger partial charge in [0.1, 0.15) is 11.6 Å². The molecule has 28 heavy (non-hydrogen) atoms. The molecule has 0 amide bonds. The van der Waals surface area contributed by atoms with Crippen LogP contribution in [0.2, 0.25) is 5.02 Å². The largest absolute Gasteiger partial charge is 0.507 e. The van der Waals surface area contributed by atoms with Gasteiger partial charge in [0.25, 0.3) is 5.78 Å². The molecule has 2 N–H and O–H groups in total. The lowest BCUT2D eigenvalue weighted by Crippen LogP contribution is -2.16. The number of nitrogens with zero attached hydrogens (tertiary/aromatic N) is 1. The number of hydrogen-bond donors (Lipinski definition) is 2. The van der Waals surface area contributed by atoms with E-state index >= 15 is 0 Å².